The summed E-state index contributed by atoms with van der Waals surface area (Å²) in [4.78, 5) is 21.6. The molecule has 1 aromatic rings. The number of ether oxygens (including phenoxy) is 1. The van der Waals surface area contributed by atoms with E-state index in [1.807, 2.05) is 0 Å². The number of esters is 1. The van der Waals surface area contributed by atoms with Crippen molar-refractivity contribution in [3.8, 4) is 0 Å². The van der Waals surface area contributed by atoms with E-state index in [2.05, 4.69) is 19.6 Å². The summed E-state index contributed by atoms with van der Waals surface area (Å²) in [6.45, 7) is 1.89. The maximum absolute atomic E-state index is 11.2. The molecule has 0 radical (unpaired) electrons. The lowest BCUT2D eigenvalue weighted by molar-refractivity contribution is 0.0593. The molecule has 2 atom stereocenters. The number of carbonyl (C=O) groups excluding carboxylic acids is 1. The first kappa shape index (κ1) is 10.5. The zero-order valence-corrected chi connectivity index (χ0v) is 9.54. The Labute approximate surface area is 98.8 Å². The number of hydrogen-bond acceptors (Lipinski definition) is 6. The van der Waals surface area contributed by atoms with Crippen molar-refractivity contribution >= 4 is 11.8 Å². The molecule has 6 heteroatoms. The Morgan fingerprint density at radius 1 is 1.41 bits per heavy atom. The Bertz CT molecular complexity index is 435. The average molecular weight is 234 g/mol. The smallest absolute Gasteiger partial charge is 0.358 e. The zero-order chi connectivity index (χ0) is 12.0. The molecule has 1 aliphatic carbocycles. The van der Waals surface area contributed by atoms with E-state index in [0.717, 1.165) is 18.9 Å². The lowest BCUT2D eigenvalue weighted by Gasteiger charge is -2.19. The first-order valence-corrected chi connectivity index (χ1v) is 5.61. The molecule has 2 fully saturated rings. The molecular weight excluding hydrogens is 220 g/mol. The summed E-state index contributed by atoms with van der Waals surface area (Å²) < 4.78 is 4.57. The van der Waals surface area contributed by atoms with Crippen LogP contribution in [0.3, 0.4) is 0 Å². The summed E-state index contributed by atoms with van der Waals surface area (Å²) in [5, 5.41) is 0. The van der Waals surface area contributed by atoms with Gasteiger partial charge in [-0.2, -0.15) is 0 Å². The van der Waals surface area contributed by atoms with Gasteiger partial charge in [0.2, 0.25) is 0 Å². The topological polar surface area (TPSA) is 81.3 Å². The molecule has 0 bridgehead atoms. The maximum atomic E-state index is 11.2. The van der Waals surface area contributed by atoms with E-state index >= 15 is 0 Å². The molecule has 1 aromatic heterocycles. The molecule has 3 rings (SSSR count). The van der Waals surface area contributed by atoms with Crippen LogP contribution in [0.5, 0.6) is 0 Å². The third kappa shape index (κ3) is 1.64. The van der Waals surface area contributed by atoms with Gasteiger partial charge < -0.3 is 15.4 Å². The van der Waals surface area contributed by atoms with Gasteiger partial charge in [-0.25, -0.2) is 14.8 Å². The highest BCUT2D eigenvalue weighted by atomic mass is 16.5. The molecule has 17 heavy (non-hydrogen) atoms. The SMILES string of the molecule is COC(=O)c1cnc(N2CC3C(N)C3C2)cn1. The van der Waals surface area contributed by atoms with E-state index in [1.54, 1.807) is 6.20 Å². The van der Waals surface area contributed by atoms with Crippen LogP contribution >= 0.6 is 0 Å². The van der Waals surface area contributed by atoms with E-state index in [-0.39, 0.29) is 5.69 Å². The van der Waals surface area contributed by atoms with Gasteiger partial charge in [0, 0.05) is 19.1 Å². The Morgan fingerprint density at radius 2 is 2.12 bits per heavy atom. The molecule has 2 unspecified atom stereocenters. The van der Waals surface area contributed by atoms with Crippen molar-refractivity contribution in [2.75, 3.05) is 25.1 Å². The molecule has 0 aromatic carbocycles. The summed E-state index contributed by atoms with van der Waals surface area (Å²) in [7, 11) is 1.33. The number of rotatable bonds is 2. The van der Waals surface area contributed by atoms with Gasteiger partial charge in [0.15, 0.2) is 5.69 Å². The molecule has 1 aliphatic heterocycles. The van der Waals surface area contributed by atoms with E-state index in [0.29, 0.717) is 17.9 Å². The highest BCUT2D eigenvalue weighted by Crippen LogP contribution is 2.44. The molecule has 2 heterocycles. The first-order valence-electron chi connectivity index (χ1n) is 5.61. The molecule has 2 aliphatic rings. The van der Waals surface area contributed by atoms with Crippen molar-refractivity contribution in [3.05, 3.63) is 18.1 Å². The maximum Gasteiger partial charge on any atom is 0.358 e. The van der Waals surface area contributed by atoms with E-state index in [4.69, 9.17) is 5.73 Å². The van der Waals surface area contributed by atoms with E-state index in [9.17, 15) is 4.79 Å². The van der Waals surface area contributed by atoms with Gasteiger partial charge in [0.1, 0.15) is 5.82 Å². The number of anilines is 1. The Morgan fingerprint density at radius 3 is 2.65 bits per heavy atom. The second kappa shape index (κ2) is 3.66. The summed E-state index contributed by atoms with van der Waals surface area (Å²) in [5.41, 5.74) is 6.10. The number of carbonyl (C=O) groups is 1. The molecular formula is C11H14N4O2. The average Bonchev–Trinajstić information content (AvgIpc) is 2.82. The van der Waals surface area contributed by atoms with Gasteiger partial charge in [-0.3, -0.25) is 0 Å². The van der Waals surface area contributed by atoms with Crippen molar-refractivity contribution in [1.29, 1.82) is 0 Å². The third-order valence-electron chi connectivity index (χ3n) is 3.62. The van der Waals surface area contributed by atoms with Gasteiger partial charge in [0.05, 0.1) is 19.5 Å². The summed E-state index contributed by atoms with van der Waals surface area (Å²) in [5.74, 6) is 1.56. The first-order chi connectivity index (χ1) is 8.20. The fourth-order valence-electron chi connectivity index (χ4n) is 2.45. The number of fused-ring (bicyclic) bond motifs is 1. The van der Waals surface area contributed by atoms with Crippen LogP contribution in [-0.4, -0.2) is 42.2 Å². The van der Waals surface area contributed by atoms with Crippen molar-refractivity contribution in [3.63, 3.8) is 0 Å². The van der Waals surface area contributed by atoms with Crippen molar-refractivity contribution in [1.82, 2.24) is 9.97 Å². The second-order valence-corrected chi connectivity index (χ2v) is 4.56. The lowest BCUT2D eigenvalue weighted by Crippen LogP contribution is -2.28. The highest BCUT2D eigenvalue weighted by molar-refractivity contribution is 5.86. The van der Waals surface area contributed by atoms with Crippen LogP contribution in [0.2, 0.25) is 0 Å². The summed E-state index contributed by atoms with van der Waals surface area (Å²) >= 11 is 0. The fourth-order valence-corrected chi connectivity index (χ4v) is 2.45. The number of nitrogens with two attached hydrogens (primary N) is 1. The normalized spacial score (nSPS) is 30.0. The lowest BCUT2D eigenvalue weighted by atomic mass is 10.4. The van der Waals surface area contributed by atoms with Crippen LogP contribution in [-0.2, 0) is 4.74 Å². The molecule has 6 nitrogen and oxygen atoms in total. The van der Waals surface area contributed by atoms with Gasteiger partial charge in [0.25, 0.3) is 0 Å². The third-order valence-corrected chi connectivity index (χ3v) is 3.62. The highest BCUT2D eigenvalue weighted by Gasteiger charge is 2.53. The quantitative estimate of drug-likeness (QED) is 0.705. The standard InChI is InChI=1S/C11H14N4O2/c1-17-11(16)8-2-14-9(3-13-8)15-4-6-7(5-15)10(6)12/h2-3,6-7,10H,4-5,12H2,1H3. The number of piperidine rings is 1. The van der Waals surface area contributed by atoms with E-state index in [1.165, 1.54) is 13.3 Å². The summed E-state index contributed by atoms with van der Waals surface area (Å²) in [6, 6.07) is 0.369. The van der Waals surface area contributed by atoms with Crippen LogP contribution in [0, 0.1) is 11.8 Å². The number of methoxy groups -OCH3 is 1. The largest absolute Gasteiger partial charge is 0.464 e. The van der Waals surface area contributed by atoms with Crippen molar-refractivity contribution in [2.24, 2.45) is 17.6 Å². The minimum Gasteiger partial charge on any atom is -0.464 e. The van der Waals surface area contributed by atoms with Crippen LogP contribution in [0.1, 0.15) is 10.5 Å². The molecule has 0 amide bonds. The molecule has 2 N–H and O–H groups in total. The Balaban J connectivity index is 1.71. The van der Waals surface area contributed by atoms with Gasteiger partial charge in [-0.05, 0) is 11.8 Å². The summed E-state index contributed by atoms with van der Waals surface area (Å²) in [6.07, 6.45) is 3.06. The van der Waals surface area contributed by atoms with Crippen LogP contribution in [0.25, 0.3) is 0 Å². The van der Waals surface area contributed by atoms with Crippen molar-refractivity contribution < 1.29 is 9.53 Å². The van der Waals surface area contributed by atoms with Gasteiger partial charge in [-0.15, -0.1) is 0 Å². The number of hydrogen-bond donors (Lipinski definition) is 1. The molecule has 0 spiro atoms. The molecule has 1 saturated carbocycles. The number of aromatic nitrogens is 2. The van der Waals surface area contributed by atoms with E-state index < -0.39 is 5.97 Å². The minimum absolute atomic E-state index is 0.234. The van der Waals surface area contributed by atoms with Gasteiger partial charge >= 0.3 is 5.97 Å². The Kier molecular flexibility index (Phi) is 2.25. The Hall–Kier alpha value is -1.69. The van der Waals surface area contributed by atoms with Crippen LogP contribution in [0.15, 0.2) is 12.4 Å². The van der Waals surface area contributed by atoms with Crippen LogP contribution < -0.4 is 10.6 Å². The second-order valence-electron chi connectivity index (χ2n) is 4.56. The minimum atomic E-state index is -0.463. The molecule has 1 saturated heterocycles. The predicted octanol–water partition coefficient (Wildman–Crippen LogP) is -0.344. The van der Waals surface area contributed by atoms with Crippen molar-refractivity contribution in [2.45, 2.75) is 6.04 Å². The van der Waals surface area contributed by atoms with Crippen LogP contribution in [0.4, 0.5) is 5.82 Å². The molecule has 90 valence electrons. The monoisotopic (exact) mass is 234 g/mol. The fraction of sp³-hybridized carbons (Fsp3) is 0.545. The predicted molar refractivity (Wildman–Crippen MR) is 60.5 cm³/mol. The zero-order valence-electron chi connectivity index (χ0n) is 9.54. The van der Waals surface area contributed by atoms with Gasteiger partial charge in [-0.1, -0.05) is 0 Å². The number of nitrogens with zero attached hydrogens (tertiary/aromatic N) is 3.